The molecule has 3 aromatic carbocycles. The van der Waals surface area contributed by atoms with Crippen molar-refractivity contribution in [3.8, 4) is 22.3 Å². The van der Waals surface area contributed by atoms with Crippen LogP contribution in [0.25, 0.3) is 33.0 Å². The summed E-state index contributed by atoms with van der Waals surface area (Å²) in [6, 6.07) is 17.6. The van der Waals surface area contributed by atoms with Gasteiger partial charge >= 0.3 is 0 Å². The molecule has 0 amide bonds. The van der Waals surface area contributed by atoms with E-state index in [1.165, 1.54) is 38.6 Å². The fourth-order valence-electron chi connectivity index (χ4n) is 3.86. The van der Waals surface area contributed by atoms with Gasteiger partial charge in [0.1, 0.15) is 0 Å². The Morgan fingerprint density at radius 2 is 1.62 bits per heavy atom. The molecule has 0 saturated heterocycles. The minimum Gasteiger partial charge on any atom is -0.394 e. The molecule has 0 saturated carbocycles. The van der Waals surface area contributed by atoms with E-state index in [4.69, 9.17) is 0 Å². The zero-order valence-corrected chi connectivity index (χ0v) is 15.3. The fourth-order valence-corrected chi connectivity index (χ4v) is 3.86. The van der Waals surface area contributed by atoms with Crippen molar-refractivity contribution in [2.75, 3.05) is 13.2 Å². The van der Waals surface area contributed by atoms with Crippen molar-refractivity contribution in [3.05, 3.63) is 59.7 Å². The molecular weight excluding hydrogens is 322 g/mol. The van der Waals surface area contributed by atoms with Crippen LogP contribution in [0.1, 0.15) is 25.0 Å². The van der Waals surface area contributed by atoms with Crippen LogP contribution in [0.15, 0.2) is 48.5 Å². The second-order valence-electron chi connectivity index (χ2n) is 7.46. The molecule has 0 heterocycles. The normalized spacial score (nSPS) is 12.6. The maximum Gasteiger partial charge on any atom is 0.0633 e. The maximum atomic E-state index is 9.46. The Morgan fingerprint density at radius 1 is 0.885 bits per heavy atom. The highest BCUT2D eigenvalue weighted by atomic mass is 16.3. The average molecular weight is 347 g/mol. The van der Waals surface area contributed by atoms with Crippen LogP contribution in [0, 0.1) is 0 Å². The van der Waals surface area contributed by atoms with E-state index in [-0.39, 0.29) is 13.2 Å². The molecule has 0 bridgehead atoms. The Kier molecular flexibility index (Phi) is 4.31. The van der Waals surface area contributed by atoms with Crippen LogP contribution in [0.3, 0.4) is 0 Å². The third-order valence-electron chi connectivity index (χ3n) is 5.59. The summed E-state index contributed by atoms with van der Waals surface area (Å²) in [6.07, 6.45) is 1.03. The second-order valence-corrected chi connectivity index (χ2v) is 7.46. The molecule has 0 radical (unpaired) electrons. The van der Waals surface area contributed by atoms with E-state index in [2.05, 4.69) is 60.8 Å². The quantitative estimate of drug-likeness (QED) is 0.496. The molecule has 0 atom stereocenters. The van der Waals surface area contributed by atoms with Crippen molar-refractivity contribution >= 4 is 10.8 Å². The summed E-state index contributed by atoms with van der Waals surface area (Å²) >= 11 is 0. The van der Waals surface area contributed by atoms with Crippen LogP contribution in [0.5, 0.6) is 0 Å². The van der Waals surface area contributed by atoms with Gasteiger partial charge in [0.15, 0.2) is 0 Å². The van der Waals surface area contributed by atoms with Crippen molar-refractivity contribution in [1.29, 1.82) is 0 Å². The van der Waals surface area contributed by atoms with Gasteiger partial charge in [-0.1, -0.05) is 49.4 Å². The molecule has 0 aromatic heterocycles. The molecule has 3 N–H and O–H groups in total. The van der Waals surface area contributed by atoms with Crippen LogP contribution >= 0.6 is 0 Å². The molecule has 4 rings (SSSR count). The summed E-state index contributed by atoms with van der Waals surface area (Å²) in [7, 11) is 0. The second kappa shape index (κ2) is 6.51. The Hall–Kier alpha value is -2.20. The van der Waals surface area contributed by atoms with Crippen LogP contribution in [0.2, 0.25) is 0 Å². The third-order valence-corrected chi connectivity index (χ3v) is 5.59. The Balaban J connectivity index is 1.75. The van der Waals surface area contributed by atoms with E-state index in [1.54, 1.807) is 0 Å². The van der Waals surface area contributed by atoms with Crippen molar-refractivity contribution in [3.63, 3.8) is 0 Å². The molecule has 1 aliphatic rings. The van der Waals surface area contributed by atoms with E-state index in [9.17, 15) is 10.2 Å². The monoisotopic (exact) mass is 347 g/mol. The molecule has 0 fully saturated rings. The lowest BCUT2D eigenvalue weighted by molar-refractivity contribution is 0.103. The summed E-state index contributed by atoms with van der Waals surface area (Å²) in [5.41, 5.74) is 7.05. The Labute approximate surface area is 154 Å². The lowest BCUT2D eigenvalue weighted by Crippen LogP contribution is -2.48. The van der Waals surface area contributed by atoms with E-state index < -0.39 is 5.54 Å². The van der Waals surface area contributed by atoms with Gasteiger partial charge in [-0.15, -0.1) is 0 Å². The van der Waals surface area contributed by atoms with Crippen molar-refractivity contribution < 1.29 is 10.2 Å². The van der Waals surface area contributed by atoms with Crippen LogP contribution in [-0.2, 0) is 13.0 Å². The van der Waals surface area contributed by atoms with Gasteiger partial charge in [-0.05, 0) is 63.6 Å². The number of benzene rings is 3. The number of rotatable bonds is 6. The summed E-state index contributed by atoms with van der Waals surface area (Å²) in [4.78, 5) is 0. The Morgan fingerprint density at radius 3 is 2.35 bits per heavy atom. The van der Waals surface area contributed by atoms with E-state index >= 15 is 0 Å². The van der Waals surface area contributed by atoms with Gasteiger partial charge in [0.25, 0.3) is 0 Å². The lowest BCUT2D eigenvalue weighted by atomic mass is 9.97. The first-order valence-electron chi connectivity index (χ1n) is 9.25. The smallest absolute Gasteiger partial charge is 0.0633 e. The van der Waals surface area contributed by atoms with Crippen molar-refractivity contribution in [2.24, 2.45) is 0 Å². The number of aryl methyl sites for hydroxylation is 1. The zero-order valence-electron chi connectivity index (χ0n) is 15.3. The fraction of sp³-hybridized carbons (Fsp3) is 0.304. The van der Waals surface area contributed by atoms with Gasteiger partial charge in [-0.25, -0.2) is 0 Å². The minimum absolute atomic E-state index is 0.0982. The summed E-state index contributed by atoms with van der Waals surface area (Å²) in [5.74, 6) is 0. The van der Waals surface area contributed by atoms with Gasteiger partial charge in [0, 0.05) is 6.54 Å². The highest BCUT2D eigenvalue weighted by Gasteiger charge is 2.24. The molecule has 0 unspecified atom stereocenters. The van der Waals surface area contributed by atoms with E-state index in [0.717, 1.165) is 12.0 Å². The maximum absolute atomic E-state index is 9.46. The number of hydrogen-bond acceptors (Lipinski definition) is 3. The molecule has 0 spiro atoms. The SMILES string of the molecule is CCc1ccc2c3c(cccc13)-c1cc(CNC(C)(CO)CO)ccc1-2. The molecular formula is C23H25NO2. The largest absolute Gasteiger partial charge is 0.394 e. The summed E-state index contributed by atoms with van der Waals surface area (Å²) in [5, 5.41) is 24.9. The average Bonchev–Trinajstić information content (AvgIpc) is 3.01. The van der Waals surface area contributed by atoms with Crippen LogP contribution < -0.4 is 5.32 Å². The van der Waals surface area contributed by atoms with Crippen molar-refractivity contribution in [1.82, 2.24) is 5.32 Å². The van der Waals surface area contributed by atoms with Gasteiger partial charge in [0.05, 0.1) is 18.8 Å². The topological polar surface area (TPSA) is 52.5 Å². The number of nitrogens with one attached hydrogen (secondary N) is 1. The molecule has 1 aliphatic carbocycles. The minimum atomic E-state index is -0.669. The highest BCUT2D eigenvalue weighted by molar-refractivity contribution is 6.16. The molecule has 26 heavy (non-hydrogen) atoms. The van der Waals surface area contributed by atoms with Gasteiger partial charge in [-0.2, -0.15) is 0 Å². The number of fused-ring (bicyclic) bond motifs is 3. The molecule has 0 aliphatic heterocycles. The first-order chi connectivity index (χ1) is 12.6. The highest BCUT2D eigenvalue weighted by Crippen LogP contribution is 2.48. The molecule has 134 valence electrons. The molecule has 3 heteroatoms. The first kappa shape index (κ1) is 17.2. The van der Waals surface area contributed by atoms with Crippen LogP contribution in [0.4, 0.5) is 0 Å². The van der Waals surface area contributed by atoms with E-state index in [1.807, 2.05) is 6.92 Å². The number of aliphatic hydroxyl groups excluding tert-OH is 2. The van der Waals surface area contributed by atoms with Gasteiger partial charge in [-0.3, -0.25) is 0 Å². The third kappa shape index (κ3) is 2.64. The van der Waals surface area contributed by atoms with Gasteiger partial charge in [0.2, 0.25) is 0 Å². The zero-order chi connectivity index (χ0) is 18.3. The lowest BCUT2D eigenvalue weighted by Gasteiger charge is -2.26. The van der Waals surface area contributed by atoms with Gasteiger partial charge < -0.3 is 15.5 Å². The predicted molar refractivity (Wildman–Crippen MR) is 107 cm³/mol. The number of aliphatic hydroxyl groups is 2. The first-order valence-corrected chi connectivity index (χ1v) is 9.25. The predicted octanol–water partition coefficient (Wildman–Crippen LogP) is 3.88. The summed E-state index contributed by atoms with van der Waals surface area (Å²) in [6.45, 7) is 4.44. The van der Waals surface area contributed by atoms with Crippen LogP contribution in [-0.4, -0.2) is 29.0 Å². The Bertz CT molecular complexity index is 973. The molecule has 3 nitrogen and oxygen atoms in total. The summed E-state index contributed by atoms with van der Waals surface area (Å²) < 4.78 is 0. The van der Waals surface area contributed by atoms with Crippen molar-refractivity contribution in [2.45, 2.75) is 32.4 Å². The van der Waals surface area contributed by atoms with E-state index in [0.29, 0.717) is 6.54 Å². The standard InChI is InChI=1S/C23H25NO2/c1-3-16-8-10-20-18-9-7-15(12-24-23(2,13-25)14-26)11-21(18)19-6-4-5-17(16)22(19)20/h4-11,24-26H,3,12-14H2,1-2H3. The molecule has 3 aromatic rings. The number of hydrogen-bond donors (Lipinski definition) is 3.